The average Bonchev–Trinajstić information content (AvgIpc) is 2.60. The minimum Gasteiger partial charge on any atom is -0.481 e. The Balaban J connectivity index is 2.25. The minimum absolute atomic E-state index is 0.0157. The lowest BCUT2D eigenvalue weighted by Gasteiger charge is -2.02. The zero-order valence-electron chi connectivity index (χ0n) is 8.38. The first kappa shape index (κ1) is 9.96. The first-order valence-corrected chi connectivity index (χ1v) is 5.12. The summed E-state index contributed by atoms with van der Waals surface area (Å²) >= 11 is 0. The summed E-state index contributed by atoms with van der Waals surface area (Å²) in [6, 6.07) is 1.87. The van der Waals surface area contributed by atoms with Gasteiger partial charge in [0, 0.05) is 17.7 Å². The summed E-state index contributed by atoms with van der Waals surface area (Å²) < 4.78 is 0. The fourth-order valence-corrected chi connectivity index (χ4v) is 1.99. The summed E-state index contributed by atoms with van der Waals surface area (Å²) in [5.74, 6) is -0.866. The van der Waals surface area contributed by atoms with E-state index in [0.29, 0.717) is 12.0 Å². The van der Waals surface area contributed by atoms with Crippen LogP contribution in [-0.4, -0.2) is 16.1 Å². The summed E-state index contributed by atoms with van der Waals surface area (Å²) in [5, 5.41) is 8.55. The quantitative estimate of drug-likeness (QED) is 0.773. The van der Waals surface area contributed by atoms with Crippen molar-refractivity contribution in [2.24, 2.45) is 0 Å². The van der Waals surface area contributed by atoms with Gasteiger partial charge in [-0.2, -0.15) is 0 Å². The highest BCUT2D eigenvalue weighted by atomic mass is 16.4. The van der Waals surface area contributed by atoms with Crippen molar-refractivity contribution in [3.8, 4) is 0 Å². The van der Waals surface area contributed by atoms with Crippen molar-refractivity contribution in [3.63, 3.8) is 0 Å². The van der Waals surface area contributed by atoms with Crippen molar-refractivity contribution in [1.29, 1.82) is 0 Å². The SMILES string of the molecule is O=C(O)CCc1cc2c([nH]c1=O)CCC2. The van der Waals surface area contributed by atoms with E-state index >= 15 is 0 Å². The van der Waals surface area contributed by atoms with Gasteiger partial charge in [-0.05, 0) is 37.3 Å². The molecule has 2 rings (SSSR count). The number of H-pyrrole nitrogens is 1. The van der Waals surface area contributed by atoms with Crippen molar-refractivity contribution in [2.75, 3.05) is 0 Å². The number of fused-ring (bicyclic) bond motifs is 1. The second-order valence-corrected chi connectivity index (χ2v) is 3.87. The fourth-order valence-electron chi connectivity index (χ4n) is 1.99. The number of aryl methyl sites for hydroxylation is 3. The van der Waals surface area contributed by atoms with E-state index in [9.17, 15) is 9.59 Å². The molecule has 0 amide bonds. The van der Waals surface area contributed by atoms with E-state index in [2.05, 4.69) is 4.98 Å². The topological polar surface area (TPSA) is 70.2 Å². The lowest BCUT2D eigenvalue weighted by atomic mass is 10.1. The highest BCUT2D eigenvalue weighted by molar-refractivity contribution is 5.67. The van der Waals surface area contributed by atoms with Crippen LogP contribution in [0.1, 0.15) is 29.7 Å². The van der Waals surface area contributed by atoms with Gasteiger partial charge in [0.05, 0.1) is 0 Å². The zero-order valence-corrected chi connectivity index (χ0v) is 8.38. The molecule has 0 atom stereocenters. The van der Waals surface area contributed by atoms with Crippen molar-refractivity contribution < 1.29 is 9.90 Å². The van der Waals surface area contributed by atoms with Gasteiger partial charge in [0.1, 0.15) is 0 Å². The molecule has 0 radical (unpaired) electrons. The van der Waals surface area contributed by atoms with Crippen LogP contribution in [-0.2, 0) is 24.1 Å². The first-order valence-electron chi connectivity index (χ1n) is 5.12. The fraction of sp³-hybridized carbons (Fsp3) is 0.455. The molecular formula is C11H13NO3. The Hall–Kier alpha value is -1.58. The standard InChI is InChI=1S/C11H13NO3/c13-10(14)5-4-8-6-7-2-1-3-9(7)12-11(8)15/h6H,1-5H2,(H,12,15)(H,13,14). The van der Waals surface area contributed by atoms with Crippen LogP contribution in [0.25, 0.3) is 0 Å². The van der Waals surface area contributed by atoms with Crippen LogP contribution in [0.15, 0.2) is 10.9 Å². The van der Waals surface area contributed by atoms with Crippen molar-refractivity contribution in [2.45, 2.75) is 32.1 Å². The average molecular weight is 207 g/mol. The first-order chi connectivity index (χ1) is 7.16. The molecule has 1 heterocycles. The number of aromatic amines is 1. The number of aromatic nitrogens is 1. The van der Waals surface area contributed by atoms with Gasteiger partial charge in [0.2, 0.25) is 0 Å². The summed E-state index contributed by atoms with van der Waals surface area (Å²) in [6.07, 6.45) is 3.34. The number of nitrogens with one attached hydrogen (secondary N) is 1. The maximum absolute atomic E-state index is 11.5. The number of aliphatic carboxylic acids is 1. The van der Waals surface area contributed by atoms with E-state index in [1.165, 1.54) is 5.56 Å². The van der Waals surface area contributed by atoms with Gasteiger partial charge >= 0.3 is 5.97 Å². The molecule has 15 heavy (non-hydrogen) atoms. The van der Waals surface area contributed by atoms with Gasteiger partial charge in [0.15, 0.2) is 0 Å². The molecule has 0 bridgehead atoms. The number of hydrogen-bond acceptors (Lipinski definition) is 2. The third kappa shape index (κ3) is 2.09. The molecular weight excluding hydrogens is 194 g/mol. The molecule has 0 unspecified atom stereocenters. The van der Waals surface area contributed by atoms with Crippen LogP contribution < -0.4 is 5.56 Å². The number of carboxylic acids is 1. The Kier molecular flexibility index (Phi) is 2.58. The number of rotatable bonds is 3. The highest BCUT2D eigenvalue weighted by Gasteiger charge is 2.14. The largest absolute Gasteiger partial charge is 0.481 e. The van der Waals surface area contributed by atoms with E-state index < -0.39 is 5.97 Å². The molecule has 0 saturated carbocycles. The zero-order chi connectivity index (χ0) is 10.8. The predicted octanol–water partition coefficient (Wildman–Crippen LogP) is 0.881. The normalized spacial score (nSPS) is 13.9. The van der Waals surface area contributed by atoms with Crippen molar-refractivity contribution in [1.82, 2.24) is 4.98 Å². The Morgan fingerprint density at radius 1 is 1.47 bits per heavy atom. The second-order valence-electron chi connectivity index (χ2n) is 3.87. The van der Waals surface area contributed by atoms with Crippen molar-refractivity contribution >= 4 is 5.97 Å². The van der Waals surface area contributed by atoms with Gasteiger partial charge < -0.3 is 10.1 Å². The Morgan fingerprint density at radius 3 is 3.00 bits per heavy atom. The molecule has 4 nitrogen and oxygen atoms in total. The molecule has 1 aromatic heterocycles. The van der Waals surface area contributed by atoms with Crippen LogP contribution >= 0.6 is 0 Å². The lowest BCUT2D eigenvalue weighted by molar-refractivity contribution is -0.136. The molecule has 4 heteroatoms. The van der Waals surface area contributed by atoms with Gasteiger partial charge in [-0.15, -0.1) is 0 Å². The van der Waals surface area contributed by atoms with Crippen LogP contribution in [0.3, 0.4) is 0 Å². The van der Waals surface area contributed by atoms with Gasteiger partial charge in [-0.1, -0.05) is 0 Å². The van der Waals surface area contributed by atoms with E-state index in [0.717, 1.165) is 25.0 Å². The smallest absolute Gasteiger partial charge is 0.303 e. The van der Waals surface area contributed by atoms with E-state index in [1.807, 2.05) is 6.07 Å². The number of pyridine rings is 1. The van der Waals surface area contributed by atoms with Gasteiger partial charge in [0.25, 0.3) is 5.56 Å². The van der Waals surface area contributed by atoms with E-state index in [-0.39, 0.29) is 12.0 Å². The Bertz CT molecular complexity index is 448. The maximum atomic E-state index is 11.5. The summed E-state index contributed by atoms with van der Waals surface area (Å²) in [5.41, 5.74) is 2.67. The second kappa shape index (κ2) is 3.88. The van der Waals surface area contributed by atoms with E-state index in [1.54, 1.807) is 0 Å². The predicted molar refractivity (Wildman–Crippen MR) is 55.0 cm³/mol. The summed E-state index contributed by atoms with van der Waals surface area (Å²) in [6.45, 7) is 0. The monoisotopic (exact) mass is 207 g/mol. The summed E-state index contributed by atoms with van der Waals surface area (Å²) in [4.78, 5) is 24.8. The molecule has 80 valence electrons. The molecule has 0 spiro atoms. The molecule has 1 aliphatic rings. The third-order valence-electron chi connectivity index (χ3n) is 2.77. The van der Waals surface area contributed by atoms with Crippen molar-refractivity contribution in [3.05, 3.63) is 33.2 Å². The van der Waals surface area contributed by atoms with Gasteiger partial charge in [-0.3, -0.25) is 9.59 Å². The Morgan fingerprint density at radius 2 is 2.27 bits per heavy atom. The molecule has 0 aliphatic heterocycles. The highest BCUT2D eigenvalue weighted by Crippen LogP contribution is 2.19. The molecule has 0 saturated heterocycles. The van der Waals surface area contributed by atoms with Crippen LogP contribution in [0.4, 0.5) is 0 Å². The number of carbonyl (C=O) groups is 1. The lowest BCUT2D eigenvalue weighted by Crippen LogP contribution is -2.16. The van der Waals surface area contributed by atoms with Crippen LogP contribution in [0.5, 0.6) is 0 Å². The number of carboxylic acid groups (broad SMARTS) is 1. The molecule has 2 N–H and O–H groups in total. The Labute approximate surface area is 87.0 Å². The molecule has 1 aromatic rings. The molecule has 0 aromatic carbocycles. The third-order valence-corrected chi connectivity index (χ3v) is 2.77. The minimum atomic E-state index is -0.866. The van der Waals surface area contributed by atoms with E-state index in [4.69, 9.17) is 5.11 Å². The molecule has 0 fully saturated rings. The number of hydrogen-bond donors (Lipinski definition) is 2. The van der Waals surface area contributed by atoms with Crippen LogP contribution in [0.2, 0.25) is 0 Å². The van der Waals surface area contributed by atoms with Gasteiger partial charge in [-0.25, -0.2) is 0 Å². The molecule has 1 aliphatic carbocycles. The summed E-state index contributed by atoms with van der Waals surface area (Å²) in [7, 11) is 0. The maximum Gasteiger partial charge on any atom is 0.303 e. The van der Waals surface area contributed by atoms with Crippen LogP contribution in [0, 0.1) is 0 Å².